The molecule has 4 nitrogen and oxygen atoms in total. The Hall–Kier alpha value is -2.40. The number of rotatable bonds is 5. The molecule has 0 aliphatic rings. The topological polar surface area (TPSA) is 52.3 Å². The van der Waals surface area contributed by atoms with E-state index in [1.807, 2.05) is 54.6 Å². The molecule has 0 N–H and O–H groups in total. The van der Waals surface area contributed by atoms with Crippen LogP contribution in [0.15, 0.2) is 69.7 Å². The highest BCUT2D eigenvalue weighted by molar-refractivity contribution is 9.10. The molecule has 0 saturated heterocycles. The largest absolute Gasteiger partial charge is 0.459 e. The van der Waals surface area contributed by atoms with Crippen LogP contribution in [0.25, 0.3) is 11.3 Å². The van der Waals surface area contributed by atoms with E-state index in [0.29, 0.717) is 11.5 Å². The Morgan fingerprint density at radius 2 is 1.83 bits per heavy atom. The molecule has 2 aromatic carbocycles. The van der Waals surface area contributed by atoms with Gasteiger partial charge in [0.15, 0.2) is 5.76 Å². The maximum absolute atomic E-state index is 11.9. The average Bonchev–Trinajstić information content (AvgIpc) is 3.05. The van der Waals surface area contributed by atoms with Crippen molar-refractivity contribution in [3.05, 3.63) is 76.4 Å². The van der Waals surface area contributed by atoms with Crippen LogP contribution >= 0.6 is 15.9 Å². The van der Waals surface area contributed by atoms with Gasteiger partial charge in [0.2, 0.25) is 0 Å². The van der Waals surface area contributed by atoms with E-state index in [1.165, 1.54) is 0 Å². The summed E-state index contributed by atoms with van der Waals surface area (Å²) in [6.07, 6.45) is 0.233. The van der Waals surface area contributed by atoms with Crippen molar-refractivity contribution in [2.45, 2.75) is 13.0 Å². The van der Waals surface area contributed by atoms with Crippen molar-refractivity contribution in [2.24, 2.45) is 0 Å². The Labute approximate surface area is 142 Å². The Balaban J connectivity index is 1.55. The summed E-state index contributed by atoms with van der Waals surface area (Å²) in [7, 11) is 0. The summed E-state index contributed by atoms with van der Waals surface area (Å²) in [6, 6.07) is 19.0. The zero-order valence-electron chi connectivity index (χ0n) is 12.2. The molecule has 0 aliphatic carbocycles. The molecule has 0 bridgehead atoms. The summed E-state index contributed by atoms with van der Waals surface area (Å²) in [6.45, 7) is 0.103. The molecule has 0 spiro atoms. The highest BCUT2D eigenvalue weighted by Gasteiger charge is 2.10. The fourth-order valence-electron chi connectivity index (χ4n) is 2.09. The minimum Gasteiger partial charge on any atom is -0.459 e. The number of esters is 1. The third-order valence-electron chi connectivity index (χ3n) is 3.26. The zero-order chi connectivity index (χ0) is 16.1. The third kappa shape index (κ3) is 4.29. The summed E-state index contributed by atoms with van der Waals surface area (Å²) in [5.74, 6) is 0.362. The van der Waals surface area contributed by atoms with E-state index in [1.54, 1.807) is 6.07 Å². The lowest BCUT2D eigenvalue weighted by molar-refractivity contribution is -0.144. The van der Waals surface area contributed by atoms with Crippen LogP contribution in [0.4, 0.5) is 0 Å². The number of carbonyl (C=O) groups is 1. The lowest BCUT2D eigenvalue weighted by atomic mass is 10.1. The summed E-state index contributed by atoms with van der Waals surface area (Å²) in [5, 5.41) is 3.92. The van der Waals surface area contributed by atoms with Crippen molar-refractivity contribution < 1.29 is 14.1 Å². The Morgan fingerprint density at radius 1 is 1.09 bits per heavy atom. The molecule has 1 aromatic heterocycles. The minimum absolute atomic E-state index is 0.103. The van der Waals surface area contributed by atoms with Crippen LogP contribution in [0.5, 0.6) is 0 Å². The van der Waals surface area contributed by atoms with Gasteiger partial charge in [-0.3, -0.25) is 4.79 Å². The van der Waals surface area contributed by atoms with Gasteiger partial charge in [-0.25, -0.2) is 0 Å². The van der Waals surface area contributed by atoms with Gasteiger partial charge in [0.1, 0.15) is 12.3 Å². The van der Waals surface area contributed by atoms with Crippen molar-refractivity contribution in [3.63, 3.8) is 0 Å². The van der Waals surface area contributed by atoms with Crippen LogP contribution in [-0.4, -0.2) is 11.1 Å². The van der Waals surface area contributed by atoms with Gasteiger partial charge >= 0.3 is 5.97 Å². The van der Waals surface area contributed by atoms with Crippen molar-refractivity contribution in [1.82, 2.24) is 5.16 Å². The maximum Gasteiger partial charge on any atom is 0.310 e. The number of benzene rings is 2. The zero-order valence-corrected chi connectivity index (χ0v) is 13.8. The van der Waals surface area contributed by atoms with Gasteiger partial charge in [0.05, 0.1) is 6.42 Å². The molecule has 0 atom stereocenters. The number of halogens is 1. The standard InChI is InChI=1S/C18H14BrNO3/c19-15-8-6-13(7-9-15)10-18(21)22-12-16-11-17(23-20-16)14-4-2-1-3-5-14/h1-9,11H,10,12H2. The van der Waals surface area contributed by atoms with Gasteiger partial charge in [0.25, 0.3) is 0 Å². The van der Waals surface area contributed by atoms with E-state index in [2.05, 4.69) is 21.1 Å². The van der Waals surface area contributed by atoms with Crippen molar-refractivity contribution in [3.8, 4) is 11.3 Å². The van der Waals surface area contributed by atoms with Gasteiger partial charge in [-0.1, -0.05) is 63.6 Å². The van der Waals surface area contributed by atoms with Crippen molar-refractivity contribution in [1.29, 1.82) is 0 Å². The Morgan fingerprint density at radius 3 is 2.57 bits per heavy atom. The fraction of sp³-hybridized carbons (Fsp3) is 0.111. The molecule has 1 heterocycles. The molecule has 116 valence electrons. The maximum atomic E-state index is 11.9. The second-order valence-electron chi connectivity index (χ2n) is 5.01. The van der Waals surface area contributed by atoms with E-state index in [-0.39, 0.29) is 19.0 Å². The lowest BCUT2D eigenvalue weighted by Crippen LogP contribution is -2.08. The molecule has 3 rings (SSSR count). The first-order chi connectivity index (χ1) is 11.2. The van der Waals surface area contributed by atoms with Crippen LogP contribution in [-0.2, 0) is 22.6 Å². The van der Waals surface area contributed by atoms with Gasteiger partial charge < -0.3 is 9.26 Å². The minimum atomic E-state index is -0.295. The SMILES string of the molecule is O=C(Cc1ccc(Br)cc1)OCc1cc(-c2ccccc2)on1. The number of hydrogen-bond donors (Lipinski definition) is 0. The second kappa shape index (κ2) is 7.24. The Kier molecular flexibility index (Phi) is 4.88. The Bertz CT molecular complexity index is 782. The van der Waals surface area contributed by atoms with Crippen LogP contribution in [0, 0.1) is 0 Å². The van der Waals surface area contributed by atoms with E-state index in [0.717, 1.165) is 15.6 Å². The molecule has 3 aromatic rings. The number of ether oxygens (including phenoxy) is 1. The summed E-state index contributed by atoms with van der Waals surface area (Å²) < 4.78 is 11.5. The van der Waals surface area contributed by atoms with E-state index >= 15 is 0 Å². The normalized spacial score (nSPS) is 10.5. The molecular formula is C18H14BrNO3. The first-order valence-electron chi connectivity index (χ1n) is 7.12. The number of carbonyl (C=O) groups excluding carboxylic acids is 1. The van der Waals surface area contributed by atoms with Crippen LogP contribution in [0.2, 0.25) is 0 Å². The molecule has 0 fully saturated rings. The highest BCUT2D eigenvalue weighted by Crippen LogP contribution is 2.20. The van der Waals surface area contributed by atoms with Gasteiger partial charge in [-0.2, -0.15) is 0 Å². The molecular weight excluding hydrogens is 358 g/mol. The first kappa shape index (κ1) is 15.5. The molecule has 0 radical (unpaired) electrons. The molecule has 0 aliphatic heterocycles. The summed E-state index contributed by atoms with van der Waals surface area (Å²) in [4.78, 5) is 11.9. The van der Waals surface area contributed by atoms with Crippen LogP contribution in [0.1, 0.15) is 11.3 Å². The summed E-state index contributed by atoms with van der Waals surface area (Å²) >= 11 is 3.36. The molecule has 5 heteroatoms. The quantitative estimate of drug-likeness (QED) is 0.624. The lowest BCUT2D eigenvalue weighted by Gasteiger charge is -2.02. The monoisotopic (exact) mass is 371 g/mol. The second-order valence-corrected chi connectivity index (χ2v) is 5.93. The molecule has 0 amide bonds. The third-order valence-corrected chi connectivity index (χ3v) is 3.79. The van der Waals surface area contributed by atoms with E-state index < -0.39 is 0 Å². The van der Waals surface area contributed by atoms with Crippen molar-refractivity contribution in [2.75, 3.05) is 0 Å². The van der Waals surface area contributed by atoms with E-state index in [4.69, 9.17) is 9.26 Å². The van der Waals surface area contributed by atoms with Gasteiger partial charge in [0, 0.05) is 16.1 Å². The number of hydrogen-bond acceptors (Lipinski definition) is 4. The van der Waals surface area contributed by atoms with Crippen LogP contribution < -0.4 is 0 Å². The molecule has 0 saturated carbocycles. The number of aromatic nitrogens is 1. The summed E-state index contributed by atoms with van der Waals surface area (Å²) in [5.41, 5.74) is 2.43. The van der Waals surface area contributed by atoms with Crippen molar-refractivity contribution >= 4 is 21.9 Å². The van der Waals surface area contributed by atoms with E-state index in [9.17, 15) is 4.79 Å². The van der Waals surface area contributed by atoms with Gasteiger partial charge in [-0.15, -0.1) is 0 Å². The first-order valence-corrected chi connectivity index (χ1v) is 7.91. The predicted octanol–water partition coefficient (Wildman–Crippen LogP) is 4.39. The fourth-order valence-corrected chi connectivity index (χ4v) is 2.36. The smallest absolute Gasteiger partial charge is 0.310 e. The van der Waals surface area contributed by atoms with Crippen LogP contribution in [0.3, 0.4) is 0 Å². The molecule has 0 unspecified atom stereocenters. The molecule has 23 heavy (non-hydrogen) atoms. The average molecular weight is 372 g/mol. The highest BCUT2D eigenvalue weighted by atomic mass is 79.9. The predicted molar refractivity (Wildman–Crippen MR) is 89.6 cm³/mol. The van der Waals surface area contributed by atoms with Gasteiger partial charge in [-0.05, 0) is 17.7 Å². The number of nitrogens with zero attached hydrogens (tertiary/aromatic N) is 1.